The van der Waals surface area contributed by atoms with Crippen LogP contribution in [-0.4, -0.2) is 28.7 Å². The van der Waals surface area contributed by atoms with Gasteiger partial charge in [-0.25, -0.2) is 9.97 Å². The van der Waals surface area contributed by atoms with E-state index in [2.05, 4.69) is 22.2 Å². The number of hydrogen-bond donors (Lipinski definition) is 1. The molecule has 0 radical (unpaired) electrons. The zero-order valence-electron chi connectivity index (χ0n) is 16.2. The molecule has 3 aromatic rings. The molecule has 6 heteroatoms. The summed E-state index contributed by atoms with van der Waals surface area (Å²) >= 11 is 1.40. The summed E-state index contributed by atoms with van der Waals surface area (Å²) in [6.45, 7) is 4.03. The van der Waals surface area contributed by atoms with Crippen LogP contribution >= 0.6 is 11.8 Å². The van der Waals surface area contributed by atoms with Crippen molar-refractivity contribution in [2.75, 3.05) is 18.2 Å². The van der Waals surface area contributed by atoms with Crippen molar-refractivity contribution in [1.29, 1.82) is 0 Å². The maximum absolute atomic E-state index is 12.3. The van der Waals surface area contributed by atoms with Crippen molar-refractivity contribution < 1.29 is 9.53 Å². The van der Waals surface area contributed by atoms with Gasteiger partial charge in [-0.05, 0) is 61.4 Å². The van der Waals surface area contributed by atoms with Gasteiger partial charge >= 0.3 is 0 Å². The number of carbonyl (C=O) groups excluding carboxylic acids is 1. The monoisotopic (exact) mass is 393 g/mol. The summed E-state index contributed by atoms with van der Waals surface area (Å²) in [4.78, 5) is 21.4. The van der Waals surface area contributed by atoms with Gasteiger partial charge in [0.2, 0.25) is 5.91 Å². The molecule has 2 aromatic carbocycles. The Balaban J connectivity index is 1.64. The van der Waals surface area contributed by atoms with Gasteiger partial charge in [0.25, 0.3) is 0 Å². The highest BCUT2D eigenvalue weighted by atomic mass is 32.2. The number of ether oxygens (including phenoxy) is 1. The third kappa shape index (κ3) is 5.33. The Hall–Kier alpha value is -2.86. The lowest BCUT2D eigenvalue weighted by molar-refractivity contribution is -0.113. The standard InChI is InChI=1S/C22H23N3O2S/c1-4-16-5-9-18(10-6-16)24-20(26)14-28-21-13-15(2)23-22(25-21)17-7-11-19(27-3)12-8-17/h5-13H,4,14H2,1-3H3,(H,24,26). The first-order valence-electron chi connectivity index (χ1n) is 9.09. The number of methoxy groups -OCH3 is 1. The summed E-state index contributed by atoms with van der Waals surface area (Å²) in [6, 6.07) is 17.4. The maximum atomic E-state index is 12.3. The molecule has 28 heavy (non-hydrogen) atoms. The fraction of sp³-hybridized carbons (Fsp3) is 0.227. The summed E-state index contributed by atoms with van der Waals surface area (Å²) < 4.78 is 5.19. The van der Waals surface area contributed by atoms with Crippen molar-refractivity contribution in [2.24, 2.45) is 0 Å². The Morgan fingerprint density at radius 2 is 1.79 bits per heavy atom. The molecule has 5 nitrogen and oxygen atoms in total. The van der Waals surface area contributed by atoms with Gasteiger partial charge in [0, 0.05) is 16.9 Å². The van der Waals surface area contributed by atoms with Gasteiger partial charge in [-0.3, -0.25) is 4.79 Å². The molecule has 0 aliphatic rings. The number of anilines is 1. The number of aromatic nitrogens is 2. The molecule has 0 fully saturated rings. The number of nitrogens with zero attached hydrogens (tertiary/aromatic N) is 2. The Labute approximate surface area is 169 Å². The molecule has 3 rings (SSSR count). The molecule has 0 bridgehead atoms. The van der Waals surface area contributed by atoms with Crippen LogP contribution in [0.4, 0.5) is 5.69 Å². The van der Waals surface area contributed by atoms with Gasteiger partial charge in [-0.2, -0.15) is 0 Å². The van der Waals surface area contributed by atoms with E-state index in [4.69, 9.17) is 4.74 Å². The predicted octanol–water partition coefficient (Wildman–Crippen LogP) is 4.75. The van der Waals surface area contributed by atoms with E-state index in [1.54, 1.807) is 7.11 Å². The van der Waals surface area contributed by atoms with E-state index in [-0.39, 0.29) is 11.7 Å². The normalized spacial score (nSPS) is 10.5. The number of benzene rings is 2. The third-order valence-electron chi connectivity index (χ3n) is 4.18. The van der Waals surface area contributed by atoms with Crippen LogP contribution in [0.5, 0.6) is 5.75 Å². The molecule has 0 spiro atoms. The van der Waals surface area contributed by atoms with E-state index < -0.39 is 0 Å². The number of carbonyl (C=O) groups is 1. The minimum atomic E-state index is -0.0588. The molecular weight excluding hydrogens is 370 g/mol. The number of nitrogens with one attached hydrogen (secondary N) is 1. The third-order valence-corrected chi connectivity index (χ3v) is 5.09. The van der Waals surface area contributed by atoms with Crippen LogP contribution in [0.2, 0.25) is 0 Å². The second-order valence-corrected chi connectivity index (χ2v) is 7.28. The summed E-state index contributed by atoms with van der Waals surface area (Å²) in [5.74, 6) is 1.65. The van der Waals surface area contributed by atoms with Gasteiger partial charge in [0.05, 0.1) is 12.9 Å². The second-order valence-electron chi connectivity index (χ2n) is 6.29. The highest BCUT2D eigenvalue weighted by Crippen LogP contribution is 2.23. The lowest BCUT2D eigenvalue weighted by atomic mass is 10.1. The highest BCUT2D eigenvalue weighted by molar-refractivity contribution is 7.99. The Morgan fingerprint density at radius 3 is 2.43 bits per heavy atom. The van der Waals surface area contributed by atoms with Crippen molar-refractivity contribution >= 4 is 23.4 Å². The molecule has 144 valence electrons. The second kappa shape index (κ2) is 9.37. The lowest BCUT2D eigenvalue weighted by Gasteiger charge is -2.08. The number of amides is 1. The fourth-order valence-corrected chi connectivity index (χ4v) is 3.40. The van der Waals surface area contributed by atoms with Crippen molar-refractivity contribution in [3.63, 3.8) is 0 Å². The molecule has 1 aromatic heterocycles. The van der Waals surface area contributed by atoms with Gasteiger partial charge in [0.15, 0.2) is 5.82 Å². The average molecular weight is 394 g/mol. The first-order valence-corrected chi connectivity index (χ1v) is 10.1. The fourth-order valence-electron chi connectivity index (χ4n) is 2.64. The van der Waals surface area contributed by atoms with Gasteiger partial charge < -0.3 is 10.1 Å². The minimum Gasteiger partial charge on any atom is -0.497 e. The molecule has 1 N–H and O–H groups in total. The van der Waals surface area contributed by atoms with Gasteiger partial charge in [-0.1, -0.05) is 30.8 Å². The number of rotatable bonds is 7. The molecule has 0 atom stereocenters. The van der Waals surface area contributed by atoms with Crippen LogP contribution in [0, 0.1) is 6.92 Å². The van der Waals surface area contributed by atoms with Crippen molar-refractivity contribution in [3.8, 4) is 17.1 Å². The summed E-state index contributed by atoms with van der Waals surface area (Å²) in [5.41, 5.74) is 3.82. The maximum Gasteiger partial charge on any atom is 0.234 e. The summed E-state index contributed by atoms with van der Waals surface area (Å²) in [7, 11) is 1.64. The highest BCUT2D eigenvalue weighted by Gasteiger charge is 2.09. The topological polar surface area (TPSA) is 64.1 Å². The smallest absolute Gasteiger partial charge is 0.234 e. The largest absolute Gasteiger partial charge is 0.497 e. The molecule has 0 saturated heterocycles. The minimum absolute atomic E-state index is 0.0588. The first-order chi connectivity index (χ1) is 13.6. The van der Waals surface area contributed by atoms with E-state index in [1.807, 2.05) is 61.5 Å². The number of hydrogen-bond acceptors (Lipinski definition) is 5. The van der Waals surface area contributed by atoms with E-state index in [1.165, 1.54) is 17.3 Å². The zero-order chi connectivity index (χ0) is 19.9. The van der Waals surface area contributed by atoms with Crippen LogP contribution in [-0.2, 0) is 11.2 Å². The lowest BCUT2D eigenvalue weighted by Crippen LogP contribution is -2.14. The average Bonchev–Trinajstić information content (AvgIpc) is 2.72. The van der Waals surface area contributed by atoms with Gasteiger partial charge in [0.1, 0.15) is 10.8 Å². The van der Waals surface area contributed by atoms with Crippen LogP contribution in [0.1, 0.15) is 18.2 Å². The van der Waals surface area contributed by atoms with E-state index in [0.29, 0.717) is 5.82 Å². The van der Waals surface area contributed by atoms with Crippen LogP contribution in [0.25, 0.3) is 11.4 Å². The SMILES string of the molecule is CCc1ccc(NC(=O)CSc2cc(C)nc(-c3ccc(OC)cc3)n2)cc1. The number of aryl methyl sites for hydroxylation is 2. The van der Waals surface area contributed by atoms with Crippen molar-refractivity contribution in [1.82, 2.24) is 9.97 Å². The Bertz CT molecular complexity index is 941. The molecular formula is C22H23N3O2S. The number of thioether (sulfide) groups is 1. The van der Waals surface area contributed by atoms with Crippen LogP contribution in [0.3, 0.4) is 0 Å². The first kappa shape index (κ1) is 19.9. The zero-order valence-corrected chi connectivity index (χ0v) is 17.0. The molecule has 0 aliphatic heterocycles. The molecule has 1 heterocycles. The van der Waals surface area contributed by atoms with E-state index in [0.717, 1.165) is 34.1 Å². The summed E-state index contributed by atoms with van der Waals surface area (Å²) in [5, 5.41) is 3.69. The molecule has 0 aliphatic carbocycles. The molecule has 0 saturated carbocycles. The van der Waals surface area contributed by atoms with Crippen LogP contribution in [0.15, 0.2) is 59.6 Å². The van der Waals surface area contributed by atoms with Crippen molar-refractivity contribution in [2.45, 2.75) is 25.3 Å². The molecule has 1 amide bonds. The summed E-state index contributed by atoms with van der Waals surface area (Å²) in [6.07, 6.45) is 0.980. The molecule has 0 unspecified atom stereocenters. The quantitative estimate of drug-likeness (QED) is 0.463. The predicted molar refractivity (Wildman–Crippen MR) is 114 cm³/mol. The van der Waals surface area contributed by atoms with Crippen molar-refractivity contribution in [3.05, 3.63) is 65.9 Å². The van der Waals surface area contributed by atoms with E-state index >= 15 is 0 Å². The Morgan fingerprint density at radius 1 is 1.07 bits per heavy atom. The van der Waals surface area contributed by atoms with Gasteiger partial charge in [-0.15, -0.1) is 0 Å². The van der Waals surface area contributed by atoms with Crippen LogP contribution < -0.4 is 10.1 Å². The Kier molecular flexibility index (Phi) is 6.66. The van der Waals surface area contributed by atoms with E-state index in [9.17, 15) is 4.79 Å².